The highest BCUT2D eigenvalue weighted by Gasteiger charge is 2.58. The fourth-order valence-corrected chi connectivity index (χ4v) is 5.76. The minimum Gasteiger partial charge on any atom is -0.372 e. The zero-order chi connectivity index (χ0) is 17.8. The van der Waals surface area contributed by atoms with Gasteiger partial charge < -0.3 is 21.1 Å². The van der Waals surface area contributed by atoms with Gasteiger partial charge in [-0.3, -0.25) is 0 Å². The Morgan fingerprint density at radius 3 is 2.36 bits per heavy atom. The van der Waals surface area contributed by atoms with Crippen molar-refractivity contribution in [3.63, 3.8) is 0 Å². The summed E-state index contributed by atoms with van der Waals surface area (Å²) in [7, 11) is 0. The first-order valence-electron chi connectivity index (χ1n) is 9.91. The fourth-order valence-electron chi connectivity index (χ4n) is 5.76. The van der Waals surface area contributed by atoms with Crippen LogP contribution in [-0.2, 0) is 16.7 Å². The van der Waals surface area contributed by atoms with Gasteiger partial charge in [-0.05, 0) is 74.6 Å². The highest BCUT2D eigenvalue weighted by molar-refractivity contribution is 5.54. The van der Waals surface area contributed by atoms with E-state index < -0.39 is 0 Å². The van der Waals surface area contributed by atoms with Crippen LogP contribution in [0.25, 0.3) is 0 Å². The van der Waals surface area contributed by atoms with Gasteiger partial charge >= 0.3 is 0 Å². The van der Waals surface area contributed by atoms with Crippen LogP contribution < -0.4 is 16.4 Å². The van der Waals surface area contributed by atoms with E-state index in [2.05, 4.69) is 43.9 Å². The molecule has 3 fully saturated rings. The van der Waals surface area contributed by atoms with Crippen LogP contribution in [0, 0.1) is 5.41 Å². The Balaban J connectivity index is 1.54. The Morgan fingerprint density at radius 2 is 1.80 bits per heavy atom. The first-order valence-corrected chi connectivity index (χ1v) is 9.91. The van der Waals surface area contributed by atoms with Gasteiger partial charge in [0.15, 0.2) is 0 Å². The molecule has 2 aliphatic carbocycles. The second-order valence-corrected chi connectivity index (χ2v) is 9.04. The molecule has 1 saturated heterocycles. The molecule has 1 aromatic rings. The number of nitrogens with zero attached hydrogens (tertiary/aromatic N) is 1. The molecular formula is C21H33N3O. The number of benzene rings is 1. The highest BCUT2D eigenvalue weighted by Crippen LogP contribution is 2.62. The summed E-state index contributed by atoms with van der Waals surface area (Å²) in [6.07, 6.45) is 6.12. The van der Waals surface area contributed by atoms with E-state index in [1.165, 1.54) is 16.8 Å². The van der Waals surface area contributed by atoms with Crippen molar-refractivity contribution in [1.82, 2.24) is 0 Å². The number of ether oxygens (including phenoxy) is 1. The van der Waals surface area contributed by atoms with Gasteiger partial charge in [-0.1, -0.05) is 13.0 Å². The van der Waals surface area contributed by atoms with Crippen molar-refractivity contribution >= 4 is 5.69 Å². The second kappa shape index (κ2) is 5.97. The Labute approximate surface area is 151 Å². The molecule has 0 unspecified atom stereocenters. The summed E-state index contributed by atoms with van der Waals surface area (Å²) in [5.41, 5.74) is 17.2. The van der Waals surface area contributed by atoms with Gasteiger partial charge in [0, 0.05) is 30.4 Å². The molecule has 0 amide bonds. The van der Waals surface area contributed by atoms with Gasteiger partial charge in [0.2, 0.25) is 0 Å². The molecule has 0 bridgehead atoms. The standard InChI is InChI=1S/C21H33N3O/c1-4-16-7-18(24-10-14(2)25-15(3)11-24)5-6-19(16)21(23)12-20(13-21)8-17(22)9-20/h5-7,14-15,17H,4,8-13,22-23H2,1-3H3/t14-,15+,17?,20?,21?. The number of nitrogens with two attached hydrogens (primary N) is 2. The first kappa shape index (κ1) is 17.3. The van der Waals surface area contributed by atoms with Crippen molar-refractivity contribution in [2.24, 2.45) is 16.9 Å². The lowest BCUT2D eigenvalue weighted by Gasteiger charge is -2.62. The first-order chi connectivity index (χ1) is 11.8. The molecule has 4 heteroatoms. The summed E-state index contributed by atoms with van der Waals surface area (Å²) < 4.78 is 5.88. The monoisotopic (exact) mass is 343 g/mol. The molecule has 25 heavy (non-hydrogen) atoms. The SMILES string of the molecule is CCc1cc(N2C[C@@H](C)O[C@@H](C)C2)ccc1C1(N)CC2(CC(N)C2)C1. The molecule has 4 nitrogen and oxygen atoms in total. The van der Waals surface area contributed by atoms with Crippen LogP contribution in [0.3, 0.4) is 0 Å². The molecule has 3 aliphatic rings. The van der Waals surface area contributed by atoms with Crippen LogP contribution in [-0.4, -0.2) is 31.3 Å². The quantitative estimate of drug-likeness (QED) is 0.886. The van der Waals surface area contributed by atoms with Gasteiger partial charge in [0.25, 0.3) is 0 Å². The third-order valence-corrected chi connectivity index (χ3v) is 6.56. The van der Waals surface area contributed by atoms with Gasteiger partial charge in [0.05, 0.1) is 12.2 Å². The average Bonchev–Trinajstić information content (AvgIpc) is 2.50. The normalized spacial score (nSPS) is 40.7. The van der Waals surface area contributed by atoms with Gasteiger partial charge in [-0.15, -0.1) is 0 Å². The van der Waals surface area contributed by atoms with Crippen molar-refractivity contribution < 1.29 is 4.74 Å². The molecule has 0 aromatic heterocycles. The number of hydrogen-bond donors (Lipinski definition) is 2. The van der Waals surface area contributed by atoms with Gasteiger partial charge in [-0.25, -0.2) is 0 Å². The molecule has 1 heterocycles. The largest absolute Gasteiger partial charge is 0.372 e. The van der Waals surface area contributed by atoms with E-state index >= 15 is 0 Å². The van der Waals surface area contributed by atoms with Gasteiger partial charge in [-0.2, -0.15) is 0 Å². The van der Waals surface area contributed by atoms with Crippen LogP contribution in [0.1, 0.15) is 57.6 Å². The molecule has 4 rings (SSSR count). The lowest BCUT2D eigenvalue weighted by Crippen LogP contribution is -2.63. The van der Waals surface area contributed by atoms with E-state index in [-0.39, 0.29) is 17.7 Å². The maximum absolute atomic E-state index is 6.83. The van der Waals surface area contributed by atoms with E-state index in [9.17, 15) is 0 Å². The summed E-state index contributed by atoms with van der Waals surface area (Å²) in [5, 5.41) is 0. The Bertz CT molecular complexity index is 635. The van der Waals surface area contributed by atoms with Crippen molar-refractivity contribution in [2.45, 2.75) is 76.7 Å². The Hall–Kier alpha value is -1.10. The van der Waals surface area contributed by atoms with E-state index in [0.29, 0.717) is 11.5 Å². The molecule has 1 aromatic carbocycles. The molecule has 138 valence electrons. The lowest BCUT2D eigenvalue weighted by molar-refractivity contribution is -0.0593. The van der Waals surface area contributed by atoms with Crippen LogP contribution in [0.15, 0.2) is 18.2 Å². The third kappa shape index (κ3) is 2.98. The van der Waals surface area contributed by atoms with E-state index in [0.717, 1.165) is 45.2 Å². The zero-order valence-corrected chi connectivity index (χ0v) is 15.9. The predicted molar refractivity (Wildman–Crippen MR) is 103 cm³/mol. The van der Waals surface area contributed by atoms with Crippen molar-refractivity contribution in [3.05, 3.63) is 29.3 Å². The maximum atomic E-state index is 6.83. The summed E-state index contributed by atoms with van der Waals surface area (Å²) in [5.74, 6) is 0. The molecule has 2 atom stereocenters. The third-order valence-electron chi connectivity index (χ3n) is 6.56. The highest BCUT2D eigenvalue weighted by atomic mass is 16.5. The number of morpholine rings is 1. The Morgan fingerprint density at radius 1 is 1.16 bits per heavy atom. The fraction of sp³-hybridized carbons (Fsp3) is 0.714. The summed E-state index contributed by atoms with van der Waals surface area (Å²) in [4.78, 5) is 2.46. The van der Waals surface area contributed by atoms with Crippen molar-refractivity contribution in [1.29, 1.82) is 0 Å². The lowest BCUT2D eigenvalue weighted by atomic mass is 9.46. The number of aryl methyl sites for hydroxylation is 1. The van der Waals surface area contributed by atoms with E-state index in [1.54, 1.807) is 0 Å². The molecule has 0 radical (unpaired) electrons. The second-order valence-electron chi connectivity index (χ2n) is 9.04. The smallest absolute Gasteiger partial charge is 0.0726 e. The molecular weight excluding hydrogens is 310 g/mol. The number of anilines is 1. The molecule has 1 spiro atoms. The van der Waals surface area contributed by atoms with Crippen LogP contribution in [0.4, 0.5) is 5.69 Å². The number of hydrogen-bond acceptors (Lipinski definition) is 4. The van der Waals surface area contributed by atoms with Crippen LogP contribution >= 0.6 is 0 Å². The van der Waals surface area contributed by atoms with Crippen molar-refractivity contribution in [2.75, 3.05) is 18.0 Å². The molecule has 2 saturated carbocycles. The summed E-state index contributed by atoms with van der Waals surface area (Å²) in [6.45, 7) is 8.47. The average molecular weight is 344 g/mol. The van der Waals surface area contributed by atoms with Crippen LogP contribution in [0.2, 0.25) is 0 Å². The molecule has 4 N–H and O–H groups in total. The summed E-state index contributed by atoms with van der Waals surface area (Å²) >= 11 is 0. The van der Waals surface area contributed by atoms with Crippen LogP contribution in [0.5, 0.6) is 0 Å². The number of rotatable bonds is 3. The minimum atomic E-state index is -0.143. The minimum absolute atomic E-state index is 0.143. The summed E-state index contributed by atoms with van der Waals surface area (Å²) in [6, 6.07) is 7.34. The Kier molecular flexibility index (Phi) is 4.13. The zero-order valence-electron chi connectivity index (χ0n) is 15.9. The predicted octanol–water partition coefficient (Wildman–Crippen LogP) is 2.92. The van der Waals surface area contributed by atoms with E-state index in [4.69, 9.17) is 16.2 Å². The van der Waals surface area contributed by atoms with E-state index in [1.807, 2.05) is 0 Å². The maximum Gasteiger partial charge on any atom is 0.0726 e. The van der Waals surface area contributed by atoms with Gasteiger partial charge in [0.1, 0.15) is 0 Å². The molecule has 1 aliphatic heterocycles. The van der Waals surface area contributed by atoms with Crippen molar-refractivity contribution in [3.8, 4) is 0 Å². The topological polar surface area (TPSA) is 64.5 Å².